The van der Waals surface area contributed by atoms with E-state index in [2.05, 4.69) is 9.97 Å². The van der Waals surface area contributed by atoms with Crippen molar-refractivity contribution >= 4 is 0 Å². The molecule has 1 unspecified atom stereocenters. The van der Waals surface area contributed by atoms with Gasteiger partial charge in [-0.15, -0.1) is 0 Å². The van der Waals surface area contributed by atoms with E-state index in [1.165, 1.54) is 0 Å². The Morgan fingerprint density at radius 3 is 2.81 bits per heavy atom. The molecule has 0 spiro atoms. The molecule has 1 aromatic rings. The summed E-state index contributed by atoms with van der Waals surface area (Å²) in [5, 5.41) is 0. The van der Waals surface area contributed by atoms with Crippen molar-refractivity contribution < 1.29 is 13.2 Å². The number of imidazole rings is 1. The van der Waals surface area contributed by atoms with E-state index in [9.17, 15) is 13.2 Å². The van der Waals surface area contributed by atoms with Crippen LogP contribution in [0.2, 0.25) is 0 Å². The van der Waals surface area contributed by atoms with Crippen molar-refractivity contribution in [2.24, 2.45) is 5.92 Å². The van der Waals surface area contributed by atoms with Crippen molar-refractivity contribution in [1.29, 1.82) is 0 Å². The Morgan fingerprint density at radius 1 is 1.44 bits per heavy atom. The highest BCUT2D eigenvalue weighted by Crippen LogP contribution is 2.36. The summed E-state index contributed by atoms with van der Waals surface area (Å²) in [5.41, 5.74) is 1.53. The first kappa shape index (κ1) is 11.5. The van der Waals surface area contributed by atoms with Gasteiger partial charge in [0.15, 0.2) is 0 Å². The predicted octanol–water partition coefficient (Wildman–Crippen LogP) is 3.03. The van der Waals surface area contributed by atoms with Crippen LogP contribution in [0, 0.1) is 5.92 Å². The molecule has 0 amide bonds. The van der Waals surface area contributed by atoms with Gasteiger partial charge in [-0.05, 0) is 19.3 Å². The summed E-state index contributed by atoms with van der Waals surface area (Å²) in [6, 6.07) is 0. The summed E-state index contributed by atoms with van der Waals surface area (Å²) in [7, 11) is 0. The molecule has 1 N–H and O–H groups in total. The molecule has 16 heavy (non-hydrogen) atoms. The van der Waals surface area contributed by atoms with E-state index in [0.29, 0.717) is 12.1 Å². The summed E-state index contributed by atoms with van der Waals surface area (Å²) >= 11 is 0. The number of halogens is 3. The third kappa shape index (κ3) is 2.23. The second kappa shape index (κ2) is 4.11. The summed E-state index contributed by atoms with van der Waals surface area (Å²) in [6.07, 6.45) is -1.63. The lowest BCUT2D eigenvalue weighted by Gasteiger charge is -2.23. The first-order valence-electron chi connectivity index (χ1n) is 5.64. The van der Waals surface area contributed by atoms with Crippen LogP contribution >= 0.6 is 0 Å². The molecule has 0 fully saturated rings. The monoisotopic (exact) mass is 232 g/mol. The van der Waals surface area contributed by atoms with Crippen LogP contribution < -0.4 is 0 Å². The van der Waals surface area contributed by atoms with Gasteiger partial charge >= 0.3 is 6.18 Å². The number of fused-ring (bicyclic) bond motifs is 1. The van der Waals surface area contributed by atoms with Crippen LogP contribution in [0.1, 0.15) is 37.0 Å². The first-order valence-corrected chi connectivity index (χ1v) is 5.64. The summed E-state index contributed by atoms with van der Waals surface area (Å²) < 4.78 is 37.7. The SMILES string of the molecule is CCCc1nc2c([nH]1)CC(C(F)(F)F)CC2. The van der Waals surface area contributed by atoms with Crippen LogP contribution in [0.25, 0.3) is 0 Å². The molecule has 1 aliphatic rings. The van der Waals surface area contributed by atoms with Crippen molar-refractivity contribution in [1.82, 2.24) is 9.97 Å². The highest BCUT2D eigenvalue weighted by atomic mass is 19.4. The van der Waals surface area contributed by atoms with Gasteiger partial charge in [0.2, 0.25) is 0 Å². The van der Waals surface area contributed by atoms with Crippen molar-refractivity contribution in [3.05, 3.63) is 17.2 Å². The van der Waals surface area contributed by atoms with E-state index in [-0.39, 0.29) is 12.8 Å². The summed E-state index contributed by atoms with van der Waals surface area (Å²) in [5.74, 6) is -0.370. The highest BCUT2D eigenvalue weighted by molar-refractivity contribution is 5.19. The molecule has 1 atom stereocenters. The Bertz CT molecular complexity index is 368. The fourth-order valence-corrected chi connectivity index (χ4v) is 2.17. The molecule has 5 heteroatoms. The molecule has 0 radical (unpaired) electrons. The predicted molar refractivity (Wildman–Crippen MR) is 54.2 cm³/mol. The fourth-order valence-electron chi connectivity index (χ4n) is 2.17. The number of nitrogens with one attached hydrogen (secondary N) is 1. The normalized spacial score (nSPS) is 20.9. The minimum Gasteiger partial charge on any atom is -0.346 e. The lowest BCUT2D eigenvalue weighted by atomic mass is 9.89. The Morgan fingerprint density at radius 2 is 2.19 bits per heavy atom. The number of hydrogen-bond acceptors (Lipinski definition) is 1. The third-order valence-corrected chi connectivity index (χ3v) is 3.04. The van der Waals surface area contributed by atoms with Crippen molar-refractivity contribution in [2.75, 3.05) is 0 Å². The van der Waals surface area contributed by atoms with E-state index in [0.717, 1.165) is 24.4 Å². The van der Waals surface area contributed by atoms with Crippen LogP contribution in [0.15, 0.2) is 0 Å². The molecule has 0 aliphatic heterocycles. The van der Waals surface area contributed by atoms with Crippen LogP contribution in [-0.2, 0) is 19.3 Å². The van der Waals surface area contributed by atoms with Gasteiger partial charge in [-0.2, -0.15) is 13.2 Å². The number of aromatic amines is 1. The van der Waals surface area contributed by atoms with Gasteiger partial charge in [-0.3, -0.25) is 0 Å². The zero-order chi connectivity index (χ0) is 11.8. The minimum absolute atomic E-state index is 0.0650. The van der Waals surface area contributed by atoms with Crippen molar-refractivity contribution in [3.63, 3.8) is 0 Å². The van der Waals surface area contributed by atoms with Gasteiger partial charge in [0.05, 0.1) is 11.6 Å². The highest BCUT2D eigenvalue weighted by Gasteiger charge is 2.41. The van der Waals surface area contributed by atoms with Crippen molar-refractivity contribution in [3.8, 4) is 0 Å². The summed E-state index contributed by atoms with van der Waals surface area (Å²) in [6.45, 7) is 2.03. The standard InChI is InChI=1S/C11H15F3N2/c1-2-3-10-15-8-5-4-7(11(12,13)14)6-9(8)16-10/h7H,2-6H2,1H3,(H,15,16). The van der Waals surface area contributed by atoms with E-state index < -0.39 is 12.1 Å². The molecule has 0 aromatic carbocycles. The van der Waals surface area contributed by atoms with Gasteiger partial charge in [0.1, 0.15) is 5.82 Å². The molecule has 2 rings (SSSR count). The molecule has 1 heterocycles. The number of rotatable bonds is 2. The van der Waals surface area contributed by atoms with Crippen LogP contribution in [0.4, 0.5) is 13.2 Å². The molecule has 0 bridgehead atoms. The minimum atomic E-state index is -4.08. The molecular formula is C11H15F3N2. The average Bonchev–Trinajstić information content (AvgIpc) is 2.57. The number of alkyl halides is 3. The average molecular weight is 232 g/mol. The Labute approximate surface area is 92.3 Å². The largest absolute Gasteiger partial charge is 0.392 e. The van der Waals surface area contributed by atoms with E-state index in [4.69, 9.17) is 0 Å². The van der Waals surface area contributed by atoms with Gasteiger partial charge in [0, 0.05) is 18.5 Å². The summed E-state index contributed by atoms with van der Waals surface area (Å²) in [4.78, 5) is 7.36. The van der Waals surface area contributed by atoms with Gasteiger partial charge in [0.25, 0.3) is 0 Å². The molecule has 1 aliphatic carbocycles. The maximum atomic E-state index is 12.6. The van der Waals surface area contributed by atoms with Crippen molar-refractivity contribution in [2.45, 2.75) is 45.2 Å². The second-order valence-corrected chi connectivity index (χ2v) is 4.34. The number of hydrogen-bond donors (Lipinski definition) is 1. The number of H-pyrrole nitrogens is 1. The first-order chi connectivity index (χ1) is 7.50. The lowest BCUT2D eigenvalue weighted by molar-refractivity contribution is -0.177. The molecule has 90 valence electrons. The smallest absolute Gasteiger partial charge is 0.346 e. The third-order valence-electron chi connectivity index (χ3n) is 3.04. The molecule has 2 nitrogen and oxygen atoms in total. The zero-order valence-electron chi connectivity index (χ0n) is 9.19. The van der Waals surface area contributed by atoms with Crippen LogP contribution in [0.5, 0.6) is 0 Å². The Hall–Kier alpha value is -1.00. The second-order valence-electron chi connectivity index (χ2n) is 4.34. The Kier molecular flexibility index (Phi) is 2.95. The quantitative estimate of drug-likeness (QED) is 0.834. The zero-order valence-corrected chi connectivity index (χ0v) is 9.19. The maximum Gasteiger partial charge on any atom is 0.392 e. The fraction of sp³-hybridized carbons (Fsp3) is 0.727. The molecule has 0 saturated heterocycles. The van der Waals surface area contributed by atoms with E-state index in [1.54, 1.807) is 0 Å². The molecule has 1 aromatic heterocycles. The maximum absolute atomic E-state index is 12.6. The van der Waals surface area contributed by atoms with Crippen LogP contribution in [-0.4, -0.2) is 16.1 Å². The van der Waals surface area contributed by atoms with E-state index >= 15 is 0 Å². The number of aromatic nitrogens is 2. The van der Waals surface area contributed by atoms with Gasteiger partial charge in [-0.1, -0.05) is 6.92 Å². The Balaban J connectivity index is 2.14. The van der Waals surface area contributed by atoms with Crippen LogP contribution in [0.3, 0.4) is 0 Å². The molecule has 0 saturated carbocycles. The molecular weight excluding hydrogens is 217 g/mol. The lowest BCUT2D eigenvalue weighted by Crippen LogP contribution is -2.28. The van der Waals surface area contributed by atoms with Gasteiger partial charge < -0.3 is 4.98 Å². The number of nitrogens with zero attached hydrogens (tertiary/aromatic N) is 1. The topological polar surface area (TPSA) is 28.7 Å². The van der Waals surface area contributed by atoms with E-state index in [1.807, 2.05) is 6.92 Å². The number of aryl methyl sites for hydroxylation is 2. The van der Waals surface area contributed by atoms with Gasteiger partial charge in [-0.25, -0.2) is 4.98 Å².